The third kappa shape index (κ3) is 4.51. The van der Waals surface area contributed by atoms with E-state index in [4.69, 9.17) is 0 Å². The maximum absolute atomic E-state index is 12.8. The van der Waals surface area contributed by atoms with Crippen molar-refractivity contribution in [2.75, 3.05) is 12.4 Å². The molecule has 0 aliphatic heterocycles. The van der Waals surface area contributed by atoms with Gasteiger partial charge in [-0.05, 0) is 35.7 Å². The smallest absolute Gasteiger partial charge is 0.123 e. The van der Waals surface area contributed by atoms with E-state index < -0.39 is 6.10 Å². The number of para-hydroxylation sites is 1. The summed E-state index contributed by atoms with van der Waals surface area (Å²) in [6.45, 7) is 0. The van der Waals surface area contributed by atoms with Gasteiger partial charge < -0.3 is 10.4 Å². The van der Waals surface area contributed by atoms with Crippen LogP contribution >= 0.6 is 12.4 Å². The Morgan fingerprint density at radius 1 is 1.05 bits per heavy atom. The molecule has 1 unspecified atom stereocenters. The van der Waals surface area contributed by atoms with E-state index in [1.807, 2.05) is 31.3 Å². The zero-order chi connectivity index (χ0) is 13.7. The Morgan fingerprint density at radius 3 is 2.35 bits per heavy atom. The van der Waals surface area contributed by atoms with Gasteiger partial charge in [0.25, 0.3) is 0 Å². The number of benzene rings is 2. The molecule has 0 aromatic heterocycles. The fourth-order valence-electron chi connectivity index (χ4n) is 2.16. The second-order valence-electron chi connectivity index (χ2n) is 4.60. The average Bonchev–Trinajstić information content (AvgIpc) is 2.42. The number of aliphatic hydroxyl groups excluding tert-OH is 1. The summed E-state index contributed by atoms with van der Waals surface area (Å²) in [5, 5.41) is 13.2. The Balaban J connectivity index is 0.00000200. The van der Waals surface area contributed by atoms with Gasteiger partial charge in [0.05, 0.1) is 6.10 Å². The van der Waals surface area contributed by atoms with Crippen LogP contribution in [0.3, 0.4) is 0 Å². The zero-order valence-corrected chi connectivity index (χ0v) is 12.2. The van der Waals surface area contributed by atoms with Crippen molar-refractivity contribution in [3.05, 3.63) is 65.5 Å². The topological polar surface area (TPSA) is 32.3 Å². The molecule has 0 saturated carbocycles. The van der Waals surface area contributed by atoms with Crippen molar-refractivity contribution in [1.29, 1.82) is 0 Å². The molecule has 0 heterocycles. The van der Waals surface area contributed by atoms with E-state index in [9.17, 15) is 9.50 Å². The molecule has 2 nitrogen and oxygen atoms in total. The monoisotopic (exact) mass is 295 g/mol. The molecule has 1 atom stereocenters. The van der Waals surface area contributed by atoms with Crippen LogP contribution in [0.2, 0.25) is 0 Å². The number of nitrogens with one attached hydrogen (secondary N) is 1. The number of anilines is 1. The summed E-state index contributed by atoms with van der Waals surface area (Å²) in [5.74, 6) is -0.251. The summed E-state index contributed by atoms with van der Waals surface area (Å²) in [5.41, 5.74) is 3.05. The van der Waals surface area contributed by atoms with Crippen LogP contribution in [0.5, 0.6) is 0 Å². The molecule has 0 amide bonds. The van der Waals surface area contributed by atoms with Crippen molar-refractivity contribution in [2.45, 2.75) is 18.9 Å². The summed E-state index contributed by atoms with van der Waals surface area (Å²) in [7, 11) is 1.87. The highest BCUT2D eigenvalue weighted by Crippen LogP contribution is 2.17. The first-order valence-electron chi connectivity index (χ1n) is 6.37. The minimum Gasteiger partial charge on any atom is -0.392 e. The lowest BCUT2D eigenvalue weighted by Crippen LogP contribution is -2.14. The fourth-order valence-corrected chi connectivity index (χ4v) is 2.16. The number of rotatable bonds is 5. The third-order valence-corrected chi connectivity index (χ3v) is 3.13. The maximum Gasteiger partial charge on any atom is 0.123 e. The van der Waals surface area contributed by atoms with E-state index in [2.05, 4.69) is 5.32 Å². The third-order valence-electron chi connectivity index (χ3n) is 3.13. The van der Waals surface area contributed by atoms with E-state index in [0.29, 0.717) is 12.8 Å². The van der Waals surface area contributed by atoms with E-state index in [1.165, 1.54) is 12.1 Å². The molecule has 2 aromatic rings. The van der Waals surface area contributed by atoms with Crippen molar-refractivity contribution >= 4 is 18.1 Å². The summed E-state index contributed by atoms with van der Waals surface area (Å²) in [6.07, 6.45) is 0.632. The second kappa shape index (κ2) is 7.88. The standard InChI is InChI=1S/C16H18FNO.ClH/c1-18-16-5-3-2-4-13(16)11-15(19)10-12-6-8-14(17)9-7-12;/h2-9,15,18-19H,10-11H2,1H3;1H. The van der Waals surface area contributed by atoms with Crippen molar-refractivity contribution in [3.63, 3.8) is 0 Å². The van der Waals surface area contributed by atoms with Gasteiger partial charge in [-0.25, -0.2) is 4.39 Å². The van der Waals surface area contributed by atoms with Gasteiger partial charge in [0.15, 0.2) is 0 Å². The minimum absolute atomic E-state index is 0. The molecular weight excluding hydrogens is 277 g/mol. The van der Waals surface area contributed by atoms with Crippen LogP contribution in [0, 0.1) is 5.82 Å². The molecular formula is C16H19ClFNO. The second-order valence-corrected chi connectivity index (χ2v) is 4.60. The van der Waals surface area contributed by atoms with Crippen LogP contribution in [-0.4, -0.2) is 18.3 Å². The van der Waals surface area contributed by atoms with Gasteiger partial charge in [-0.1, -0.05) is 30.3 Å². The molecule has 4 heteroatoms. The molecule has 2 N–H and O–H groups in total. The number of hydrogen-bond acceptors (Lipinski definition) is 2. The Kier molecular flexibility index (Phi) is 6.49. The lowest BCUT2D eigenvalue weighted by molar-refractivity contribution is 0.175. The van der Waals surface area contributed by atoms with Gasteiger partial charge in [0.2, 0.25) is 0 Å². The average molecular weight is 296 g/mol. The SMILES string of the molecule is CNc1ccccc1CC(O)Cc1ccc(F)cc1.Cl. The first kappa shape index (κ1) is 16.5. The predicted molar refractivity (Wildman–Crippen MR) is 83.1 cm³/mol. The van der Waals surface area contributed by atoms with E-state index in [0.717, 1.165) is 16.8 Å². The molecule has 2 rings (SSSR count). The Bertz CT molecular complexity index is 530. The summed E-state index contributed by atoms with van der Waals surface area (Å²) in [6, 6.07) is 14.2. The molecule has 0 saturated heterocycles. The predicted octanol–water partition coefficient (Wildman–Crippen LogP) is 3.44. The zero-order valence-electron chi connectivity index (χ0n) is 11.3. The molecule has 20 heavy (non-hydrogen) atoms. The van der Waals surface area contributed by atoms with E-state index in [1.54, 1.807) is 12.1 Å². The van der Waals surface area contributed by atoms with Crippen molar-refractivity contribution in [2.24, 2.45) is 0 Å². The van der Waals surface area contributed by atoms with Gasteiger partial charge in [-0.2, -0.15) is 0 Å². The van der Waals surface area contributed by atoms with Crippen LogP contribution in [-0.2, 0) is 12.8 Å². The molecule has 0 aliphatic carbocycles. The lowest BCUT2D eigenvalue weighted by Gasteiger charge is -2.14. The van der Waals surface area contributed by atoms with Crippen LogP contribution in [0.25, 0.3) is 0 Å². The number of hydrogen-bond donors (Lipinski definition) is 2. The summed E-state index contributed by atoms with van der Waals surface area (Å²) in [4.78, 5) is 0. The maximum atomic E-state index is 12.8. The highest BCUT2D eigenvalue weighted by Gasteiger charge is 2.09. The van der Waals surface area contributed by atoms with Crippen LogP contribution in [0.15, 0.2) is 48.5 Å². The van der Waals surface area contributed by atoms with Crippen molar-refractivity contribution in [3.8, 4) is 0 Å². The lowest BCUT2D eigenvalue weighted by atomic mass is 10.00. The first-order valence-corrected chi connectivity index (χ1v) is 6.37. The Labute approximate surface area is 125 Å². The van der Waals surface area contributed by atoms with Gasteiger partial charge in [-0.15, -0.1) is 12.4 Å². The van der Waals surface area contributed by atoms with E-state index in [-0.39, 0.29) is 18.2 Å². The molecule has 0 spiro atoms. The number of aliphatic hydroxyl groups is 1. The van der Waals surface area contributed by atoms with Crippen molar-refractivity contribution < 1.29 is 9.50 Å². The van der Waals surface area contributed by atoms with Gasteiger partial charge in [-0.3, -0.25) is 0 Å². The summed E-state index contributed by atoms with van der Waals surface area (Å²) >= 11 is 0. The van der Waals surface area contributed by atoms with Gasteiger partial charge >= 0.3 is 0 Å². The highest BCUT2D eigenvalue weighted by molar-refractivity contribution is 5.85. The van der Waals surface area contributed by atoms with E-state index >= 15 is 0 Å². The Morgan fingerprint density at radius 2 is 1.70 bits per heavy atom. The summed E-state index contributed by atoms with van der Waals surface area (Å²) < 4.78 is 12.8. The Hall–Kier alpha value is -1.58. The van der Waals surface area contributed by atoms with Crippen LogP contribution in [0.4, 0.5) is 10.1 Å². The van der Waals surface area contributed by atoms with Gasteiger partial charge in [0.1, 0.15) is 5.82 Å². The van der Waals surface area contributed by atoms with Gasteiger partial charge in [0, 0.05) is 19.2 Å². The molecule has 108 valence electrons. The minimum atomic E-state index is -0.472. The van der Waals surface area contributed by atoms with Crippen molar-refractivity contribution in [1.82, 2.24) is 0 Å². The first-order chi connectivity index (χ1) is 9.19. The molecule has 0 bridgehead atoms. The normalized spacial score (nSPS) is 11.6. The molecule has 2 aromatic carbocycles. The van der Waals surface area contributed by atoms with Crippen LogP contribution < -0.4 is 5.32 Å². The highest BCUT2D eigenvalue weighted by atomic mass is 35.5. The molecule has 0 radical (unpaired) electrons. The van der Waals surface area contributed by atoms with Crippen LogP contribution in [0.1, 0.15) is 11.1 Å². The number of halogens is 2. The molecule has 0 fully saturated rings. The quantitative estimate of drug-likeness (QED) is 0.886. The molecule has 0 aliphatic rings. The largest absolute Gasteiger partial charge is 0.392 e. The fraction of sp³-hybridized carbons (Fsp3) is 0.250.